The number of imidazole rings is 1. The van der Waals surface area contributed by atoms with E-state index in [4.69, 9.17) is 9.26 Å². The summed E-state index contributed by atoms with van der Waals surface area (Å²) in [6.45, 7) is 3.70. The molecule has 0 amide bonds. The van der Waals surface area contributed by atoms with E-state index in [-0.39, 0.29) is 18.8 Å². The Labute approximate surface area is 159 Å². The van der Waals surface area contributed by atoms with Gasteiger partial charge in [-0.3, -0.25) is 4.79 Å². The summed E-state index contributed by atoms with van der Waals surface area (Å²) in [6.07, 6.45) is 1.51. The first-order valence-corrected chi connectivity index (χ1v) is 8.67. The van der Waals surface area contributed by atoms with Crippen LogP contribution in [0, 0.1) is 19.7 Å². The molecule has 0 aliphatic carbocycles. The lowest BCUT2D eigenvalue weighted by Gasteiger charge is -2.09. The summed E-state index contributed by atoms with van der Waals surface area (Å²) in [4.78, 5) is 24.1. The van der Waals surface area contributed by atoms with E-state index in [1.54, 1.807) is 18.5 Å². The van der Waals surface area contributed by atoms with Crippen molar-refractivity contribution in [2.24, 2.45) is 0 Å². The van der Waals surface area contributed by atoms with Crippen LogP contribution in [-0.4, -0.2) is 26.1 Å². The van der Waals surface area contributed by atoms with E-state index < -0.39 is 5.97 Å². The molecule has 3 heterocycles. The second-order valence-electron chi connectivity index (χ2n) is 6.42. The van der Waals surface area contributed by atoms with Crippen LogP contribution in [0.2, 0.25) is 0 Å². The average Bonchev–Trinajstić information content (AvgIpc) is 3.26. The summed E-state index contributed by atoms with van der Waals surface area (Å²) >= 11 is 0. The maximum atomic E-state index is 13.0. The lowest BCUT2D eigenvalue weighted by atomic mass is 10.0. The molecule has 0 aliphatic rings. The van der Waals surface area contributed by atoms with Gasteiger partial charge in [0.15, 0.2) is 5.65 Å². The van der Waals surface area contributed by atoms with Gasteiger partial charge in [-0.15, -0.1) is 0 Å². The number of aromatic nitrogens is 4. The van der Waals surface area contributed by atoms with Crippen LogP contribution >= 0.6 is 0 Å². The molecule has 1 aromatic carbocycles. The van der Waals surface area contributed by atoms with Crippen molar-refractivity contribution < 1.29 is 18.4 Å². The van der Waals surface area contributed by atoms with Gasteiger partial charge in [-0.1, -0.05) is 17.3 Å². The zero-order valence-corrected chi connectivity index (χ0v) is 15.3. The number of nitrogens with one attached hydrogen (secondary N) is 1. The van der Waals surface area contributed by atoms with Crippen LogP contribution in [0.25, 0.3) is 22.3 Å². The van der Waals surface area contributed by atoms with Gasteiger partial charge in [-0.2, -0.15) is 0 Å². The fraction of sp³-hybridized carbons (Fsp3) is 0.200. The first-order valence-electron chi connectivity index (χ1n) is 8.67. The number of pyridine rings is 1. The van der Waals surface area contributed by atoms with Gasteiger partial charge in [0.2, 0.25) is 0 Å². The number of nitrogens with zero attached hydrogens (tertiary/aromatic N) is 3. The van der Waals surface area contributed by atoms with E-state index in [1.165, 1.54) is 12.1 Å². The molecule has 0 atom stereocenters. The van der Waals surface area contributed by atoms with E-state index in [0.717, 1.165) is 16.6 Å². The number of esters is 1. The molecule has 0 saturated carbocycles. The van der Waals surface area contributed by atoms with Crippen LogP contribution in [0.4, 0.5) is 4.39 Å². The van der Waals surface area contributed by atoms with Crippen molar-refractivity contribution in [1.29, 1.82) is 0 Å². The molecule has 0 unspecified atom stereocenters. The number of benzene rings is 1. The molecule has 142 valence electrons. The Morgan fingerprint density at radius 3 is 2.75 bits per heavy atom. The van der Waals surface area contributed by atoms with Crippen molar-refractivity contribution in [3.8, 4) is 11.1 Å². The lowest BCUT2D eigenvalue weighted by molar-refractivity contribution is -0.144. The maximum absolute atomic E-state index is 13.0. The highest BCUT2D eigenvalue weighted by Gasteiger charge is 2.20. The number of ether oxygens (including phenoxy) is 1. The van der Waals surface area contributed by atoms with Crippen LogP contribution in [0.5, 0.6) is 0 Å². The number of hydrogen-bond acceptors (Lipinski definition) is 6. The molecule has 4 aromatic rings. The van der Waals surface area contributed by atoms with E-state index in [2.05, 4.69) is 20.1 Å². The van der Waals surface area contributed by atoms with E-state index in [9.17, 15) is 9.18 Å². The first-order chi connectivity index (χ1) is 13.5. The molecular formula is C20H17FN4O3. The molecule has 1 N–H and O–H groups in total. The van der Waals surface area contributed by atoms with Crippen molar-refractivity contribution >= 4 is 17.1 Å². The molecular weight excluding hydrogens is 363 g/mol. The van der Waals surface area contributed by atoms with Crippen LogP contribution in [-0.2, 0) is 22.6 Å². The number of carbonyl (C=O) groups excluding carboxylic acids is 1. The number of fused-ring (bicyclic) bond motifs is 1. The molecule has 3 aromatic heterocycles. The Morgan fingerprint density at radius 2 is 2.04 bits per heavy atom. The molecule has 4 rings (SSSR count). The molecule has 0 fully saturated rings. The SMILES string of the molecule is Cc1noc(C)c1-c1cc2[nH]cnc2nc1CC(=O)OCc1ccc(F)cc1. The Kier molecular flexibility index (Phi) is 4.60. The number of aromatic amines is 1. The van der Waals surface area contributed by atoms with Crippen LogP contribution in [0.1, 0.15) is 22.7 Å². The van der Waals surface area contributed by atoms with Gasteiger partial charge in [0.25, 0.3) is 0 Å². The van der Waals surface area contributed by atoms with Gasteiger partial charge in [0, 0.05) is 11.1 Å². The minimum Gasteiger partial charge on any atom is -0.461 e. The topological polar surface area (TPSA) is 93.9 Å². The Balaban J connectivity index is 1.61. The Hall–Kier alpha value is -3.55. The smallest absolute Gasteiger partial charge is 0.312 e. The first kappa shape index (κ1) is 17.8. The molecule has 0 bridgehead atoms. The zero-order chi connectivity index (χ0) is 19.7. The highest BCUT2D eigenvalue weighted by Crippen LogP contribution is 2.31. The third-order valence-corrected chi connectivity index (χ3v) is 4.42. The fourth-order valence-electron chi connectivity index (χ4n) is 3.06. The van der Waals surface area contributed by atoms with Gasteiger partial charge in [-0.05, 0) is 37.6 Å². The summed E-state index contributed by atoms with van der Waals surface area (Å²) < 4.78 is 23.6. The van der Waals surface area contributed by atoms with Gasteiger partial charge < -0.3 is 14.2 Å². The van der Waals surface area contributed by atoms with Gasteiger partial charge in [0.1, 0.15) is 18.2 Å². The molecule has 0 saturated heterocycles. The average molecular weight is 380 g/mol. The standard InChI is InChI=1S/C20H17FN4O3/c1-11-19(12(2)28-25-11)15-7-17-20(23-10-22-17)24-16(15)8-18(26)27-9-13-3-5-14(21)6-4-13/h3-7,10H,8-9H2,1-2H3,(H,22,23,24). The number of rotatable bonds is 5. The molecule has 7 nitrogen and oxygen atoms in total. The molecule has 28 heavy (non-hydrogen) atoms. The predicted molar refractivity (Wildman–Crippen MR) is 98.8 cm³/mol. The van der Waals surface area contributed by atoms with Gasteiger partial charge >= 0.3 is 5.97 Å². The minimum atomic E-state index is -0.445. The second-order valence-corrected chi connectivity index (χ2v) is 6.42. The number of H-pyrrole nitrogens is 1. The van der Waals surface area contributed by atoms with Crippen molar-refractivity contribution in [3.05, 3.63) is 65.2 Å². The Bertz CT molecular complexity index is 1130. The van der Waals surface area contributed by atoms with Crippen LogP contribution in [0.15, 0.2) is 41.2 Å². The fourth-order valence-corrected chi connectivity index (χ4v) is 3.06. The number of hydrogen-bond donors (Lipinski definition) is 1. The van der Waals surface area contributed by atoms with Crippen molar-refractivity contribution in [2.45, 2.75) is 26.9 Å². The van der Waals surface area contributed by atoms with E-state index in [0.29, 0.717) is 28.4 Å². The summed E-state index contributed by atoms with van der Waals surface area (Å²) in [5.74, 6) is -0.144. The molecule has 0 radical (unpaired) electrons. The summed E-state index contributed by atoms with van der Waals surface area (Å²) in [6, 6.07) is 7.68. The largest absolute Gasteiger partial charge is 0.461 e. The van der Waals surface area contributed by atoms with Crippen molar-refractivity contribution in [3.63, 3.8) is 0 Å². The summed E-state index contributed by atoms with van der Waals surface area (Å²) in [5, 5.41) is 3.99. The maximum Gasteiger partial charge on any atom is 0.312 e. The highest BCUT2D eigenvalue weighted by atomic mass is 19.1. The zero-order valence-electron chi connectivity index (χ0n) is 15.3. The summed E-state index contributed by atoms with van der Waals surface area (Å²) in [7, 11) is 0. The van der Waals surface area contributed by atoms with Crippen molar-refractivity contribution in [2.75, 3.05) is 0 Å². The lowest BCUT2D eigenvalue weighted by Crippen LogP contribution is -2.10. The molecule has 0 spiro atoms. The normalized spacial score (nSPS) is 11.1. The number of aryl methyl sites for hydroxylation is 2. The van der Waals surface area contributed by atoms with Gasteiger partial charge in [0.05, 0.1) is 29.7 Å². The third-order valence-electron chi connectivity index (χ3n) is 4.42. The van der Waals surface area contributed by atoms with Crippen molar-refractivity contribution in [1.82, 2.24) is 20.1 Å². The number of carbonyl (C=O) groups is 1. The van der Waals surface area contributed by atoms with E-state index in [1.807, 2.05) is 19.9 Å². The number of halogens is 1. The monoisotopic (exact) mass is 380 g/mol. The molecule has 0 aliphatic heterocycles. The van der Waals surface area contributed by atoms with E-state index >= 15 is 0 Å². The predicted octanol–water partition coefficient (Wildman–Crippen LogP) is 3.65. The summed E-state index contributed by atoms with van der Waals surface area (Å²) in [5.41, 5.74) is 4.74. The Morgan fingerprint density at radius 1 is 1.25 bits per heavy atom. The molecule has 8 heteroatoms. The third kappa shape index (κ3) is 3.48. The van der Waals surface area contributed by atoms with Gasteiger partial charge in [-0.25, -0.2) is 14.4 Å². The van der Waals surface area contributed by atoms with Crippen LogP contribution in [0.3, 0.4) is 0 Å². The minimum absolute atomic E-state index is 0.0383. The second kappa shape index (κ2) is 7.22. The highest BCUT2D eigenvalue weighted by molar-refractivity contribution is 5.84. The van der Waals surface area contributed by atoms with Crippen LogP contribution < -0.4 is 0 Å². The quantitative estimate of drug-likeness (QED) is 0.531.